The molecule has 0 saturated carbocycles. The number of anilines is 1. The average Bonchev–Trinajstić information content (AvgIpc) is 2.90. The van der Waals surface area contributed by atoms with Crippen LogP contribution in [-0.4, -0.2) is 38.7 Å². The summed E-state index contributed by atoms with van der Waals surface area (Å²) in [5.41, 5.74) is 7.11. The van der Waals surface area contributed by atoms with Crippen molar-refractivity contribution in [2.24, 2.45) is 0 Å². The van der Waals surface area contributed by atoms with Crippen molar-refractivity contribution in [2.45, 2.75) is 51.0 Å². The Hall–Kier alpha value is -2.37. The standard InChI is InChI=1S/C19H25N5O/c20-16-9-7-14(8-10-16)19(25)23-11-4-5-15(13-23)18-22-21-17-6-2-1-3-12-24(17)18/h7-10,15H,1-6,11-13,20H2. The largest absolute Gasteiger partial charge is 0.399 e. The first-order valence-electron chi connectivity index (χ1n) is 9.29. The number of aromatic nitrogens is 3. The zero-order valence-electron chi connectivity index (χ0n) is 14.5. The molecular formula is C19H25N5O. The molecule has 0 radical (unpaired) electrons. The predicted molar refractivity (Wildman–Crippen MR) is 96.3 cm³/mol. The molecule has 1 aromatic heterocycles. The van der Waals surface area contributed by atoms with Gasteiger partial charge in [0.1, 0.15) is 11.6 Å². The zero-order chi connectivity index (χ0) is 17.2. The molecular weight excluding hydrogens is 314 g/mol. The number of nitrogens with zero attached hydrogens (tertiary/aromatic N) is 4. The van der Waals surface area contributed by atoms with Gasteiger partial charge in [-0.2, -0.15) is 0 Å². The fourth-order valence-corrected chi connectivity index (χ4v) is 3.99. The first-order valence-corrected chi connectivity index (χ1v) is 9.29. The van der Waals surface area contributed by atoms with Crippen LogP contribution < -0.4 is 5.73 Å². The van der Waals surface area contributed by atoms with Gasteiger partial charge in [-0.05, 0) is 49.9 Å². The number of benzene rings is 1. The Morgan fingerprint density at radius 2 is 1.88 bits per heavy atom. The number of carbonyl (C=O) groups excluding carboxylic acids is 1. The van der Waals surface area contributed by atoms with E-state index in [2.05, 4.69) is 14.8 Å². The molecule has 2 aromatic rings. The number of amides is 1. The number of aryl methyl sites for hydroxylation is 1. The average molecular weight is 339 g/mol. The fraction of sp³-hybridized carbons (Fsp3) is 0.526. The SMILES string of the molecule is Nc1ccc(C(=O)N2CCCC(c3nnc4n3CCCCC4)C2)cc1. The van der Waals surface area contributed by atoms with Crippen molar-refractivity contribution in [3.05, 3.63) is 41.5 Å². The molecule has 2 N–H and O–H groups in total. The molecule has 0 spiro atoms. The Morgan fingerprint density at radius 1 is 1.04 bits per heavy atom. The van der Waals surface area contributed by atoms with Gasteiger partial charge in [0.2, 0.25) is 0 Å². The topological polar surface area (TPSA) is 77.0 Å². The van der Waals surface area contributed by atoms with Gasteiger partial charge < -0.3 is 15.2 Å². The van der Waals surface area contributed by atoms with Gasteiger partial charge in [-0.1, -0.05) is 6.42 Å². The number of carbonyl (C=O) groups is 1. The third-order valence-electron chi connectivity index (χ3n) is 5.37. The van der Waals surface area contributed by atoms with Crippen LogP contribution >= 0.6 is 0 Å². The molecule has 1 amide bonds. The summed E-state index contributed by atoms with van der Waals surface area (Å²) >= 11 is 0. The summed E-state index contributed by atoms with van der Waals surface area (Å²) in [7, 11) is 0. The highest BCUT2D eigenvalue weighted by atomic mass is 16.2. The lowest BCUT2D eigenvalue weighted by atomic mass is 9.96. The van der Waals surface area contributed by atoms with Crippen LogP contribution in [0.3, 0.4) is 0 Å². The Balaban J connectivity index is 1.52. The maximum absolute atomic E-state index is 12.8. The smallest absolute Gasteiger partial charge is 0.253 e. The highest BCUT2D eigenvalue weighted by Gasteiger charge is 2.29. The second-order valence-electron chi connectivity index (χ2n) is 7.15. The van der Waals surface area contributed by atoms with Crippen molar-refractivity contribution < 1.29 is 4.79 Å². The second-order valence-corrected chi connectivity index (χ2v) is 7.15. The lowest BCUT2D eigenvalue weighted by Gasteiger charge is -2.32. The molecule has 132 valence electrons. The maximum Gasteiger partial charge on any atom is 0.253 e. The van der Waals surface area contributed by atoms with Gasteiger partial charge in [-0.15, -0.1) is 10.2 Å². The van der Waals surface area contributed by atoms with E-state index >= 15 is 0 Å². The van der Waals surface area contributed by atoms with E-state index in [9.17, 15) is 4.79 Å². The molecule has 3 heterocycles. The van der Waals surface area contributed by atoms with Gasteiger partial charge in [0.15, 0.2) is 0 Å². The van der Waals surface area contributed by atoms with E-state index in [1.165, 1.54) is 19.3 Å². The van der Waals surface area contributed by atoms with Crippen LogP contribution in [0.4, 0.5) is 5.69 Å². The molecule has 6 nitrogen and oxygen atoms in total. The first-order chi connectivity index (χ1) is 12.2. The van der Waals surface area contributed by atoms with Crippen molar-refractivity contribution >= 4 is 11.6 Å². The number of nitrogens with two attached hydrogens (primary N) is 1. The van der Waals surface area contributed by atoms with Crippen LogP contribution in [0.1, 0.15) is 60.0 Å². The van der Waals surface area contributed by atoms with Crippen molar-refractivity contribution in [2.75, 3.05) is 18.8 Å². The Bertz CT molecular complexity index is 752. The predicted octanol–water partition coefficient (Wildman–Crippen LogP) is 2.61. The molecule has 0 bridgehead atoms. The first kappa shape index (κ1) is 16.1. The number of rotatable bonds is 2. The van der Waals surface area contributed by atoms with Crippen LogP contribution in [0.25, 0.3) is 0 Å². The van der Waals surface area contributed by atoms with Crippen molar-refractivity contribution in [1.82, 2.24) is 19.7 Å². The maximum atomic E-state index is 12.8. The van der Waals surface area contributed by atoms with Crippen molar-refractivity contribution in [3.8, 4) is 0 Å². The molecule has 4 rings (SSSR count). The quantitative estimate of drug-likeness (QED) is 0.853. The van der Waals surface area contributed by atoms with Gasteiger partial charge in [0.05, 0.1) is 0 Å². The highest BCUT2D eigenvalue weighted by molar-refractivity contribution is 5.94. The molecule has 1 fully saturated rings. The molecule has 6 heteroatoms. The van der Waals surface area contributed by atoms with Crippen LogP contribution in [0.2, 0.25) is 0 Å². The highest BCUT2D eigenvalue weighted by Crippen LogP contribution is 2.28. The molecule has 1 unspecified atom stereocenters. The molecule has 1 aromatic carbocycles. The summed E-state index contributed by atoms with van der Waals surface area (Å²) in [5.74, 6) is 2.56. The fourth-order valence-electron chi connectivity index (χ4n) is 3.99. The Kier molecular flexibility index (Phi) is 4.42. The van der Waals surface area contributed by atoms with Crippen LogP contribution in [0.15, 0.2) is 24.3 Å². The van der Waals surface area contributed by atoms with Gasteiger partial charge in [-0.3, -0.25) is 4.79 Å². The number of fused-ring (bicyclic) bond motifs is 1. The number of nitrogen functional groups attached to an aromatic ring is 1. The summed E-state index contributed by atoms with van der Waals surface area (Å²) < 4.78 is 2.31. The van der Waals surface area contributed by atoms with Gasteiger partial charge in [-0.25, -0.2) is 0 Å². The van der Waals surface area contributed by atoms with E-state index in [0.717, 1.165) is 50.5 Å². The summed E-state index contributed by atoms with van der Waals surface area (Å²) in [6, 6.07) is 7.19. The minimum atomic E-state index is 0.0836. The number of hydrogen-bond donors (Lipinski definition) is 1. The summed E-state index contributed by atoms with van der Waals surface area (Å²) in [6.45, 7) is 2.54. The summed E-state index contributed by atoms with van der Waals surface area (Å²) in [5, 5.41) is 8.93. The van der Waals surface area contributed by atoms with Gasteiger partial charge >= 0.3 is 0 Å². The molecule has 1 saturated heterocycles. The van der Waals surface area contributed by atoms with E-state index in [1.54, 1.807) is 12.1 Å². The number of hydrogen-bond acceptors (Lipinski definition) is 4. The van der Waals surface area contributed by atoms with E-state index in [0.29, 0.717) is 11.3 Å². The second kappa shape index (κ2) is 6.86. The Morgan fingerprint density at radius 3 is 2.72 bits per heavy atom. The lowest BCUT2D eigenvalue weighted by molar-refractivity contribution is 0.0703. The third-order valence-corrected chi connectivity index (χ3v) is 5.37. The zero-order valence-corrected chi connectivity index (χ0v) is 14.5. The van der Waals surface area contributed by atoms with Crippen molar-refractivity contribution in [3.63, 3.8) is 0 Å². The number of piperidine rings is 1. The minimum Gasteiger partial charge on any atom is -0.399 e. The van der Waals surface area contributed by atoms with E-state index in [4.69, 9.17) is 5.73 Å². The van der Waals surface area contributed by atoms with Crippen LogP contribution in [0, 0.1) is 0 Å². The molecule has 2 aliphatic rings. The van der Waals surface area contributed by atoms with Gasteiger partial charge in [0.25, 0.3) is 5.91 Å². The molecule has 25 heavy (non-hydrogen) atoms. The molecule has 2 aliphatic heterocycles. The minimum absolute atomic E-state index is 0.0836. The molecule has 0 aliphatic carbocycles. The summed E-state index contributed by atoms with van der Waals surface area (Å²) in [4.78, 5) is 14.8. The van der Waals surface area contributed by atoms with Crippen molar-refractivity contribution in [1.29, 1.82) is 0 Å². The Labute approximate surface area is 148 Å². The van der Waals surface area contributed by atoms with E-state index < -0.39 is 0 Å². The number of likely N-dealkylation sites (tertiary alicyclic amines) is 1. The monoisotopic (exact) mass is 339 g/mol. The van der Waals surface area contributed by atoms with Gasteiger partial charge in [0, 0.05) is 43.2 Å². The third kappa shape index (κ3) is 3.25. The van der Waals surface area contributed by atoms with E-state index in [1.807, 2.05) is 17.0 Å². The van der Waals surface area contributed by atoms with Crippen LogP contribution in [0.5, 0.6) is 0 Å². The molecule has 1 atom stereocenters. The van der Waals surface area contributed by atoms with Crippen LogP contribution in [-0.2, 0) is 13.0 Å². The normalized spacial score (nSPS) is 20.8. The lowest BCUT2D eigenvalue weighted by Crippen LogP contribution is -2.39. The van der Waals surface area contributed by atoms with E-state index in [-0.39, 0.29) is 11.8 Å². The summed E-state index contributed by atoms with van der Waals surface area (Å²) in [6.07, 6.45) is 6.75.